The average Bonchev–Trinajstić information content (AvgIpc) is 2.80. The van der Waals surface area contributed by atoms with Crippen molar-refractivity contribution in [2.45, 2.75) is 18.9 Å². The van der Waals surface area contributed by atoms with Crippen LogP contribution in [0.25, 0.3) is 22.0 Å². The van der Waals surface area contributed by atoms with Crippen molar-refractivity contribution in [1.82, 2.24) is 15.2 Å². The van der Waals surface area contributed by atoms with Gasteiger partial charge in [-0.1, -0.05) is 36.9 Å². The van der Waals surface area contributed by atoms with E-state index in [1.165, 1.54) is 6.08 Å². The highest BCUT2D eigenvalue weighted by atomic mass is 16.2. The zero-order valence-electron chi connectivity index (χ0n) is 17.6. The molecule has 0 saturated carbocycles. The normalized spacial score (nSPS) is 14.9. The molecule has 1 aromatic heterocycles. The topological polar surface area (TPSA) is 74.3 Å². The summed E-state index contributed by atoms with van der Waals surface area (Å²) in [5, 5.41) is 7.89. The number of likely N-dealkylation sites (tertiary alicyclic amines) is 1. The summed E-state index contributed by atoms with van der Waals surface area (Å²) in [6.07, 6.45) is 3.14. The van der Waals surface area contributed by atoms with Gasteiger partial charge in [-0.25, -0.2) is 4.98 Å². The summed E-state index contributed by atoms with van der Waals surface area (Å²) in [4.78, 5) is 31.4. The summed E-state index contributed by atoms with van der Waals surface area (Å²) in [6.45, 7) is 5.46. The van der Waals surface area contributed by atoms with E-state index >= 15 is 0 Å². The maximum Gasteiger partial charge on any atom is 0.270 e. The van der Waals surface area contributed by atoms with Crippen LogP contribution >= 0.6 is 0 Å². The Morgan fingerprint density at radius 1 is 1.10 bits per heavy atom. The summed E-state index contributed by atoms with van der Waals surface area (Å²) in [7, 11) is 2.10. The molecule has 6 nitrogen and oxygen atoms in total. The fourth-order valence-electron chi connectivity index (χ4n) is 3.89. The molecule has 1 aliphatic heterocycles. The fourth-order valence-corrected chi connectivity index (χ4v) is 3.89. The molecule has 3 aromatic rings. The van der Waals surface area contributed by atoms with Crippen molar-refractivity contribution in [3.05, 3.63) is 72.9 Å². The third-order valence-corrected chi connectivity index (χ3v) is 5.65. The molecule has 0 spiro atoms. The predicted octanol–water partition coefficient (Wildman–Crippen LogP) is 3.85. The summed E-state index contributed by atoms with van der Waals surface area (Å²) >= 11 is 0. The Hall–Kier alpha value is -3.51. The number of carbonyl (C=O) groups excluding carboxylic acids is 2. The number of nitrogens with zero attached hydrogens (tertiary/aromatic N) is 2. The minimum absolute atomic E-state index is 0.143. The summed E-state index contributed by atoms with van der Waals surface area (Å²) < 4.78 is 0. The van der Waals surface area contributed by atoms with E-state index in [4.69, 9.17) is 0 Å². The van der Waals surface area contributed by atoms with E-state index < -0.39 is 0 Å². The Morgan fingerprint density at radius 2 is 1.87 bits per heavy atom. The Bertz CT molecular complexity index is 1130. The van der Waals surface area contributed by atoms with Crippen molar-refractivity contribution < 1.29 is 9.59 Å². The van der Waals surface area contributed by atoms with E-state index in [1.807, 2.05) is 48.5 Å². The lowest BCUT2D eigenvalue weighted by molar-refractivity contribution is -0.111. The Morgan fingerprint density at radius 3 is 2.65 bits per heavy atom. The SMILES string of the molecule is C=CC(=O)Nc1ccc2cccc(-c3cccc(C(=O)NC4CCN(C)CC4)n3)c2c1. The van der Waals surface area contributed by atoms with Crippen molar-refractivity contribution >= 4 is 28.3 Å². The number of carbonyl (C=O) groups is 2. The summed E-state index contributed by atoms with van der Waals surface area (Å²) in [5.41, 5.74) is 2.71. The van der Waals surface area contributed by atoms with E-state index in [-0.39, 0.29) is 17.9 Å². The van der Waals surface area contributed by atoms with Gasteiger partial charge in [-0.15, -0.1) is 0 Å². The highest BCUT2D eigenvalue weighted by Crippen LogP contribution is 2.30. The maximum atomic E-state index is 12.8. The van der Waals surface area contributed by atoms with Crippen LogP contribution in [0.3, 0.4) is 0 Å². The lowest BCUT2D eigenvalue weighted by Gasteiger charge is -2.29. The molecule has 2 heterocycles. The largest absolute Gasteiger partial charge is 0.348 e. The number of hydrogen-bond donors (Lipinski definition) is 2. The monoisotopic (exact) mass is 414 g/mol. The molecule has 0 atom stereocenters. The fraction of sp³-hybridized carbons (Fsp3) is 0.240. The van der Waals surface area contributed by atoms with Gasteiger partial charge < -0.3 is 15.5 Å². The number of anilines is 1. The number of nitrogens with one attached hydrogen (secondary N) is 2. The minimum Gasteiger partial charge on any atom is -0.348 e. The first-order valence-electron chi connectivity index (χ1n) is 10.5. The van der Waals surface area contributed by atoms with Gasteiger partial charge in [0.1, 0.15) is 5.69 Å². The van der Waals surface area contributed by atoms with E-state index in [9.17, 15) is 9.59 Å². The zero-order chi connectivity index (χ0) is 21.8. The molecule has 2 N–H and O–H groups in total. The molecule has 0 aliphatic carbocycles. The van der Waals surface area contributed by atoms with Gasteiger partial charge in [0.2, 0.25) is 5.91 Å². The van der Waals surface area contributed by atoms with Crippen LogP contribution in [0.15, 0.2) is 67.3 Å². The second-order valence-corrected chi connectivity index (χ2v) is 7.89. The number of pyridine rings is 1. The van der Waals surface area contributed by atoms with Crippen molar-refractivity contribution in [2.75, 3.05) is 25.5 Å². The molecule has 1 fully saturated rings. The molecule has 6 heteroatoms. The smallest absolute Gasteiger partial charge is 0.270 e. The zero-order valence-corrected chi connectivity index (χ0v) is 17.6. The number of aromatic nitrogens is 1. The third kappa shape index (κ3) is 4.81. The van der Waals surface area contributed by atoms with E-state index in [0.717, 1.165) is 42.3 Å². The van der Waals surface area contributed by atoms with Crippen molar-refractivity contribution in [3.8, 4) is 11.3 Å². The second-order valence-electron chi connectivity index (χ2n) is 7.89. The molecule has 1 saturated heterocycles. The predicted molar refractivity (Wildman–Crippen MR) is 124 cm³/mol. The highest BCUT2D eigenvalue weighted by Gasteiger charge is 2.20. The average molecular weight is 415 g/mol. The van der Waals surface area contributed by atoms with Gasteiger partial charge in [0, 0.05) is 17.3 Å². The lowest BCUT2D eigenvalue weighted by atomic mass is 10.0. The quantitative estimate of drug-likeness (QED) is 0.622. The number of amides is 2. The summed E-state index contributed by atoms with van der Waals surface area (Å²) in [6, 6.07) is 17.4. The molecule has 2 aromatic carbocycles. The molecule has 0 radical (unpaired) electrons. The number of piperidine rings is 1. The van der Waals surface area contributed by atoms with Gasteiger partial charge in [0.25, 0.3) is 5.91 Å². The third-order valence-electron chi connectivity index (χ3n) is 5.65. The Kier molecular flexibility index (Phi) is 6.09. The van der Waals surface area contributed by atoms with Crippen LogP contribution in [-0.4, -0.2) is 47.9 Å². The number of fused-ring (bicyclic) bond motifs is 1. The lowest BCUT2D eigenvalue weighted by Crippen LogP contribution is -2.43. The molecule has 4 rings (SSSR count). The molecular weight excluding hydrogens is 388 g/mol. The molecule has 0 bridgehead atoms. The number of hydrogen-bond acceptors (Lipinski definition) is 4. The molecule has 1 aliphatic rings. The Balaban J connectivity index is 1.62. The molecular formula is C25H26N4O2. The second kappa shape index (κ2) is 9.10. The van der Waals surface area contributed by atoms with Crippen molar-refractivity contribution in [1.29, 1.82) is 0 Å². The van der Waals surface area contributed by atoms with Gasteiger partial charge in [0.05, 0.1) is 5.69 Å². The van der Waals surface area contributed by atoms with Gasteiger partial charge in [-0.05, 0) is 74.1 Å². The first-order valence-corrected chi connectivity index (χ1v) is 10.5. The van der Waals surface area contributed by atoms with Gasteiger partial charge in [-0.3, -0.25) is 9.59 Å². The van der Waals surface area contributed by atoms with Crippen molar-refractivity contribution in [2.24, 2.45) is 0 Å². The van der Waals surface area contributed by atoms with Gasteiger partial charge >= 0.3 is 0 Å². The van der Waals surface area contributed by atoms with E-state index in [1.54, 1.807) is 6.07 Å². The standard InChI is InChI=1S/C25H26N4O2/c1-3-24(30)26-19-11-10-17-6-4-7-20(21(17)16-19)22-8-5-9-23(28-22)25(31)27-18-12-14-29(2)15-13-18/h3-11,16,18H,1,12-15H2,2H3,(H,26,30)(H,27,31). The Labute approximate surface area is 182 Å². The molecule has 158 valence electrons. The van der Waals surface area contributed by atoms with E-state index in [2.05, 4.69) is 34.1 Å². The van der Waals surface area contributed by atoms with Crippen LogP contribution < -0.4 is 10.6 Å². The van der Waals surface area contributed by atoms with Crippen molar-refractivity contribution in [3.63, 3.8) is 0 Å². The molecule has 0 unspecified atom stereocenters. The summed E-state index contributed by atoms with van der Waals surface area (Å²) in [5.74, 6) is -0.405. The minimum atomic E-state index is -0.262. The van der Waals surface area contributed by atoms with Crippen LogP contribution in [-0.2, 0) is 4.79 Å². The molecule has 2 amide bonds. The van der Waals surface area contributed by atoms with Gasteiger partial charge in [0.15, 0.2) is 0 Å². The maximum absolute atomic E-state index is 12.8. The molecule has 31 heavy (non-hydrogen) atoms. The van der Waals surface area contributed by atoms with Crippen LogP contribution in [0, 0.1) is 0 Å². The van der Waals surface area contributed by atoms with Crippen LogP contribution in [0.2, 0.25) is 0 Å². The first-order chi connectivity index (χ1) is 15.0. The van der Waals surface area contributed by atoms with Crippen LogP contribution in [0.5, 0.6) is 0 Å². The highest BCUT2D eigenvalue weighted by molar-refractivity contribution is 6.03. The first kappa shape index (κ1) is 20.8. The van der Waals surface area contributed by atoms with Gasteiger partial charge in [-0.2, -0.15) is 0 Å². The van der Waals surface area contributed by atoms with E-state index in [0.29, 0.717) is 17.1 Å². The van der Waals surface area contributed by atoms with Crippen LogP contribution in [0.1, 0.15) is 23.3 Å². The number of rotatable bonds is 5. The number of benzene rings is 2. The van der Waals surface area contributed by atoms with Crippen LogP contribution in [0.4, 0.5) is 5.69 Å².